The van der Waals surface area contributed by atoms with Gasteiger partial charge in [0.1, 0.15) is 17.4 Å². The summed E-state index contributed by atoms with van der Waals surface area (Å²) in [6.07, 6.45) is -0.406. The van der Waals surface area contributed by atoms with E-state index in [0.29, 0.717) is 12.2 Å². The highest BCUT2D eigenvalue weighted by Gasteiger charge is 2.29. The summed E-state index contributed by atoms with van der Waals surface area (Å²) in [6, 6.07) is 14.5. The molecule has 1 aromatic heterocycles. The van der Waals surface area contributed by atoms with Gasteiger partial charge in [-0.25, -0.2) is 9.18 Å². The van der Waals surface area contributed by atoms with Crippen molar-refractivity contribution < 1.29 is 13.9 Å². The Labute approximate surface area is 196 Å². The number of carbonyl (C=O) groups excluding carboxylic acids is 1. The Morgan fingerprint density at radius 2 is 1.74 bits per heavy atom. The van der Waals surface area contributed by atoms with Crippen molar-refractivity contribution >= 4 is 17.4 Å². The van der Waals surface area contributed by atoms with Crippen LogP contribution < -0.4 is 26.6 Å². The van der Waals surface area contributed by atoms with E-state index in [1.165, 1.54) is 33.7 Å². The van der Waals surface area contributed by atoms with Crippen molar-refractivity contribution in [3.05, 3.63) is 86.8 Å². The van der Waals surface area contributed by atoms with E-state index in [1.807, 2.05) is 44.2 Å². The minimum atomic E-state index is -0.995. The van der Waals surface area contributed by atoms with Crippen LogP contribution in [0.2, 0.25) is 0 Å². The number of amides is 1. The molecule has 1 unspecified atom stereocenters. The molecule has 34 heavy (non-hydrogen) atoms. The molecule has 1 heterocycles. The number of H-pyrrole nitrogens is 1. The number of anilines is 2. The average molecular weight is 469 g/mol. The molecule has 0 aliphatic carbocycles. The first-order chi connectivity index (χ1) is 16.2. The van der Waals surface area contributed by atoms with E-state index >= 15 is 0 Å². The Morgan fingerprint density at radius 3 is 2.35 bits per heavy atom. The molecule has 0 radical (unpaired) electrons. The van der Waals surface area contributed by atoms with Gasteiger partial charge in [-0.1, -0.05) is 44.2 Å². The number of aromatic amines is 1. The van der Waals surface area contributed by atoms with E-state index in [1.54, 1.807) is 6.92 Å². The number of hydrogen-bond acceptors (Lipinski definition) is 5. The fourth-order valence-electron chi connectivity index (χ4n) is 3.47. The number of aromatic nitrogens is 2. The van der Waals surface area contributed by atoms with Crippen molar-refractivity contribution in [3.8, 4) is 5.75 Å². The minimum absolute atomic E-state index is 0.101. The van der Waals surface area contributed by atoms with Gasteiger partial charge in [0.25, 0.3) is 11.5 Å². The molecule has 3 rings (SSSR count). The third kappa shape index (κ3) is 5.92. The molecule has 1 amide bonds. The van der Waals surface area contributed by atoms with Gasteiger partial charge in [0.15, 0.2) is 11.8 Å². The molecule has 0 spiro atoms. The van der Waals surface area contributed by atoms with Gasteiger partial charge < -0.3 is 15.4 Å². The van der Waals surface area contributed by atoms with Crippen LogP contribution >= 0.6 is 0 Å². The molecule has 8 nitrogen and oxygen atoms in total. The molecule has 2 aromatic carbocycles. The number of nitrogens with one attached hydrogen (secondary N) is 1. The lowest BCUT2D eigenvalue weighted by atomic mass is 10.1. The standard InChI is InChI=1S/C25H29FN4O4/c1-16(2)13-14-29(24(32)17(3)34-20-11-9-19(26)10-12-20)21-22(27)30(25(33)28-23(21)31)15-18-7-5-4-6-8-18/h4-12,16-17H,13-15,27H2,1-3H3,(H,28,31,33). The summed E-state index contributed by atoms with van der Waals surface area (Å²) in [6.45, 7) is 5.85. The Kier molecular flexibility index (Phi) is 7.88. The van der Waals surface area contributed by atoms with Gasteiger partial charge >= 0.3 is 5.69 Å². The lowest BCUT2D eigenvalue weighted by Crippen LogP contribution is -2.46. The van der Waals surface area contributed by atoms with Crippen molar-refractivity contribution in [1.82, 2.24) is 9.55 Å². The fraction of sp³-hybridized carbons (Fsp3) is 0.320. The summed E-state index contributed by atoms with van der Waals surface area (Å²) >= 11 is 0. The summed E-state index contributed by atoms with van der Waals surface area (Å²) < 4.78 is 20.1. The van der Waals surface area contributed by atoms with Gasteiger partial charge in [0, 0.05) is 6.54 Å². The first-order valence-corrected chi connectivity index (χ1v) is 11.1. The summed E-state index contributed by atoms with van der Waals surface area (Å²) in [4.78, 5) is 42.4. The topological polar surface area (TPSA) is 110 Å². The van der Waals surface area contributed by atoms with Crippen molar-refractivity contribution in [2.45, 2.75) is 39.8 Å². The average Bonchev–Trinajstić information content (AvgIpc) is 2.80. The third-order valence-electron chi connectivity index (χ3n) is 5.34. The number of nitrogen functional groups attached to an aromatic ring is 1. The molecule has 0 bridgehead atoms. The van der Waals surface area contributed by atoms with E-state index in [-0.39, 0.29) is 30.5 Å². The monoisotopic (exact) mass is 468 g/mol. The zero-order chi connectivity index (χ0) is 24.8. The Bertz CT molecular complexity index is 1240. The maximum Gasteiger partial charge on any atom is 0.330 e. The second-order valence-electron chi connectivity index (χ2n) is 8.45. The molecule has 1 atom stereocenters. The van der Waals surface area contributed by atoms with E-state index in [2.05, 4.69) is 4.98 Å². The zero-order valence-corrected chi connectivity index (χ0v) is 19.5. The van der Waals surface area contributed by atoms with E-state index in [0.717, 1.165) is 5.56 Å². The number of benzene rings is 2. The van der Waals surface area contributed by atoms with Crippen LogP contribution in [-0.4, -0.2) is 28.1 Å². The van der Waals surface area contributed by atoms with Crippen molar-refractivity contribution in [2.75, 3.05) is 17.2 Å². The first-order valence-electron chi connectivity index (χ1n) is 11.1. The maximum atomic E-state index is 13.4. The minimum Gasteiger partial charge on any atom is -0.481 e. The van der Waals surface area contributed by atoms with Crippen LogP contribution in [0.1, 0.15) is 32.8 Å². The maximum absolute atomic E-state index is 13.4. The highest BCUT2D eigenvalue weighted by atomic mass is 19.1. The predicted molar refractivity (Wildman–Crippen MR) is 130 cm³/mol. The number of nitrogens with two attached hydrogens (primary N) is 1. The van der Waals surface area contributed by atoms with Gasteiger partial charge in [-0.2, -0.15) is 0 Å². The number of ether oxygens (including phenoxy) is 1. The smallest absolute Gasteiger partial charge is 0.330 e. The van der Waals surface area contributed by atoms with Gasteiger partial charge in [-0.3, -0.25) is 19.1 Å². The van der Waals surface area contributed by atoms with E-state index in [9.17, 15) is 18.8 Å². The first kappa shape index (κ1) is 24.8. The Morgan fingerprint density at radius 1 is 1.09 bits per heavy atom. The molecular formula is C25H29FN4O4. The highest BCUT2D eigenvalue weighted by molar-refractivity contribution is 5.98. The summed E-state index contributed by atoms with van der Waals surface area (Å²) in [5.41, 5.74) is 5.60. The van der Waals surface area contributed by atoms with E-state index < -0.39 is 29.1 Å². The van der Waals surface area contributed by atoms with Gasteiger partial charge in [-0.05, 0) is 49.1 Å². The Balaban J connectivity index is 1.99. The number of rotatable bonds is 9. The van der Waals surface area contributed by atoms with Crippen molar-refractivity contribution in [3.63, 3.8) is 0 Å². The normalized spacial score (nSPS) is 11.9. The van der Waals surface area contributed by atoms with Crippen molar-refractivity contribution in [1.29, 1.82) is 0 Å². The number of nitrogens with zero attached hydrogens (tertiary/aromatic N) is 2. The number of hydrogen-bond donors (Lipinski definition) is 2. The molecule has 0 fully saturated rings. The third-order valence-corrected chi connectivity index (χ3v) is 5.34. The van der Waals surface area contributed by atoms with Gasteiger partial charge in [0.2, 0.25) is 0 Å². The number of carbonyl (C=O) groups is 1. The fourth-order valence-corrected chi connectivity index (χ4v) is 3.47. The Hall–Kier alpha value is -3.88. The summed E-state index contributed by atoms with van der Waals surface area (Å²) in [7, 11) is 0. The highest BCUT2D eigenvalue weighted by Crippen LogP contribution is 2.22. The molecule has 180 valence electrons. The van der Waals surface area contributed by atoms with E-state index in [4.69, 9.17) is 10.5 Å². The van der Waals surface area contributed by atoms with Crippen LogP contribution in [0.15, 0.2) is 64.2 Å². The number of halogens is 1. The lowest BCUT2D eigenvalue weighted by molar-refractivity contribution is -0.124. The molecule has 0 saturated carbocycles. The molecule has 3 N–H and O–H groups in total. The van der Waals surface area contributed by atoms with Gasteiger partial charge in [0.05, 0.1) is 6.54 Å². The predicted octanol–water partition coefficient (Wildman–Crippen LogP) is 3.15. The van der Waals surface area contributed by atoms with Crippen LogP contribution in [-0.2, 0) is 11.3 Å². The van der Waals surface area contributed by atoms with Crippen molar-refractivity contribution in [2.24, 2.45) is 5.92 Å². The molecule has 0 aliphatic heterocycles. The molecule has 0 aliphatic rings. The van der Waals surface area contributed by atoms with Crippen LogP contribution in [0, 0.1) is 11.7 Å². The summed E-state index contributed by atoms with van der Waals surface area (Å²) in [5.74, 6) is -0.498. The molecule has 3 aromatic rings. The SMILES string of the molecule is CC(C)CCN(C(=O)C(C)Oc1ccc(F)cc1)c1c(N)n(Cc2ccccc2)c(=O)[nH]c1=O. The van der Waals surface area contributed by atoms with Crippen LogP contribution in [0.3, 0.4) is 0 Å². The van der Waals surface area contributed by atoms with Gasteiger partial charge in [-0.15, -0.1) is 0 Å². The van der Waals surface area contributed by atoms with Crippen LogP contribution in [0.4, 0.5) is 15.9 Å². The quantitative estimate of drug-likeness (QED) is 0.501. The largest absolute Gasteiger partial charge is 0.481 e. The molecule has 9 heteroatoms. The summed E-state index contributed by atoms with van der Waals surface area (Å²) in [5, 5.41) is 0. The molecular weight excluding hydrogens is 439 g/mol. The second-order valence-corrected chi connectivity index (χ2v) is 8.45. The van der Waals surface area contributed by atoms with Crippen LogP contribution in [0.25, 0.3) is 0 Å². The van der Waals surface area contributed by atoms with Crippen LogP contribution in [0.5, 0.6) is 5.75 Å². The zero-order valence-electron chi connectivity index (χ0n) is 19.5. The second kappa shape index (κ2) is 10.8. The molecule has 0 saturated heterocycles. The lowest BCUT2D eigenvalue weighted by Gasteiger charge is -2.28.